The molecule has 1 amide bonds. The summed E-state index contributed by atoms with van der Waals surface area (Å²) in [5, 5.41) is 10.7. The Labute approximate surface area is 107 Å². The van der Waals surface area contributed by atoms with Crippen LogP contribution in [-0.4, -0.2) is 36.0 Å². The van der Waals surface area contributed by atoms with Crippen LogP contribution in [0.1, 0.15) is 5.56 Å². The minimum absolute atomic E-state index is 0.0718. The third-order valence-electron chi connectivity index (χ3n) is 2.46. The molecule has 1 rings (SSSR count). The number of carbonyl (C=O) groups excluding carboxylic acids is 1. The molecule has 7 heteroatoms. The van der Waals surface area contributed by atoms with Crippen molar-refractivity contribution in [2.75, 3.05) is 6.61 Å². The third kappa shape index (κ3) is 4.20. The molecular weight excluding hydrogens is 266 g/mol. The van der Waals surface area contributed by atoms with E-state index in [0.29, 0.717) is 5.56 Å². The number of rotatable bonds is 6. The van der Waals surface area contributed by atoms with Crippen LogP contribution in [0.5, 0.6) is 0 Å². The fraction of sp³-hybridized carbons (Fsp3) is 0.417. The van der Waals surface area contributed by atoms with E-state index in [0.717, 1.165) is 0 Å². The van der Waals surface area contributed by atoms with Crippen molar-refractivity contribution in [3.05, 3.63) is 35.9 Å². The van der Waals surface area contributed by atoms with E-state index in [1.165, 1.54) is 0 Å². The lowest BCUT2D eigenvalue weighted by Crippen LogP contribution is -2.50. The maximum atomic E-state index is 12.7. The molecule has 1 aromatic carbocycles. The minimum atomic E-state index is -4.76. The number of hydrogen-bond acceptors (Lipinski definition) is 2. The molecule has 1 atom stereocenters. The molecule has 0 radical (unpaired) electrons. The number of aliphatic hydroxyl groups is 1. The number of alkyl halides is 4. The van der Waals surface area contributed by atoms with Crippen molar-refractivity contribution in [1.29, 1.82) is 0 Å². The maximum Gasteiger partial charge on any atom is 0.383 e. The highest BCUT2D eigenvalue weighted by Crippen LogP contribution is 2.23. The molecule has 1 aromatic rings. The first-order valence-corrected chi connectivity index (χ1v) is 5.49. The standard InChI is InChI=1S/C12H13F4NO2/c13-10(14)12(15,16)11(19)17-9(7-18)6-8-4-2-1-3-5-8/h1-5,9-10,18H,6-7H2,(H,17,19)/t9-/m1/s1. The van der Waals surface area contributed by atoms with Gasteiger partial charge in [-0.1, -0.05) is 30.3 Å². The van der Waals surface area contributed by atoms with Crippen LogP contribution in [0.2, 0.25) is 0 Å². The molecule has 2 N–H and O–H groups in total. The molecule has 3 nitrogen and oxygen atoms in total. The summed E-state index contributed by atoms with van der Waals surface area (Å²) < 4.78 is 49.4. The molecule has 0 aromatic heterocycles. The zero-order valence-corrected chi connectivity index (χ0v) is 9.82. The van der Waals surface area contributed by atoms with Crippen LogP contribution in [0.4, 0.5) is 17.6 Å². The van der Waals surface area contributed by atoms with E-state index in [9.17, 15) is 22.4 Å². The summed E-state index contributed by atoms with van der Waals surface area (Å²) in [5.74, 6) is -6.85. The van der Waals surface area contributed by atoms with Crippen molar-refractivity contribution in [3.8, 4) is 0 Å². The van der Waals surface area contributed by atoms with Crippen molar-refractivity contribution >= 4 is 5.91 Å². The average molecular weight is 279 g/mol. The fourth-order valence-electron chi connectivity index (χ4n) is 1.44. The lowest BCUT2D eigenvalue weighted by Gasteiger charge is -2.20. The fourth-order valence-corrected chi connectivity index (χ4v) is 1.44. The van der Waals surface area contributed by atoms with Crippen LogP contribution in [0.25, 0.3) is 0 Å². The Hall–Kier alpha value is -1.63. The Morgan fingerprint density at radius 1 is 1.26 bits per heavy atom. The molecule has 0 aliphatic heterocycles. The molecule has 0 bridgehead atoms. The van der Waals surface area contributed by atoms with Gasteiger partial charge in [-0.05, 0) is 12.0 Å². The largest absolute Gasteiger partial charge is 0.394 e. The predicted molar refractivity (Wildman–Crippen MR) is 60.1 cm³/mol. The van der Waals surface area contributed by atoms with Gasteiger partial charge in [0.25, 0.3) is 5.91 Å². The van der Waals surface area contributed by atoms with Crippen molar-refractivity contribution in [3.63, 3.8) is 0 Å². The molecule has 0 saturated heterocycles. The molecule has 0 unspecified atom stereocenters. The highest BCUT2D eigenvalue weighted by Gasteiger charge is 2.49. The van der Waals surface area contributed by atoms with Crippen LogP contribution in [0, 0.1) is 0 Å². The van der Waals surface area contributed by atoms with E-state index in [1.807, 2.05) is 0 Å². The number of nitrogens with one attached hydrogen (secondary N) is 1. The molecule has 106 valence electrons. The normalized spacial score (nSPS) is 13.4. The second-order valence-electron chi connectivity index (χ2n) is 3.97. The summed E-state index contributed by atoms with van der Waals surface area (Å²) in [6, 6.07) is 7.42. The zero-order chi connectivity index (χ0) is 14.5. The van der Waals surface area contributed by atoms with Gasteiger partial charge in [0, 0.05) is 0 Å². The van der Waals surface area contributed by atoms with Gasteiger partial charge >= 0.3 is 12.3 Å². The van der Waals surface area contributed by atoms with Gasteiger partial charge < -0.3 is 10.4 Å². The monoisotopic (exact) mass is 279 g/mol. The highest BCUT2D eigenvalue weighted by atomic mass is 19.3. The molecule has 0 aliphatic carbocycles. The first-order valence-electron chi connectivity index (χ1n) is 5.49. The zero-order valence-electron chi connectivity index (χ0n) is 9.82. The number of benzene rings is 1. The second-order valence-corrected chi connectivity index (χ2v) is 3.97. The number of halogens is 4. The smallest absolute Gasteiger partial charge is 0.383 e. The summed E-state index contributed by atoms with van der Waals surface area (Å²) in [6.07, 6.45) is -4.01. The summed E-state index contributed by atoms with van der Waals surface area (Å²) in [7, 11) is 0. The lowest BCUT2D eigenvalue weighted by molar-refractivity contribution is -0.170. The summed E-state index contributed by atoms with van der Waals surface area (Å²) in [6.45, 7) is -0.625. The van der Waals surface area contributed by atoms with Crippen molar-refractivity contribution in [2.45, 2.75) is 24.8 Å². The van der Waals surface area contributed by atoms with Crippen LogP contribution in [-0.2, 0) is 11.2 Å². The van der Waals surface area contributed by atoms with Gasteiger partial charge in [0.1, 0.15) is 0 Å². The SMILES string of the molecule is O=C(N[C@@H](CO)Cc1ccccc1)C(F)(F)C(F)F. The molecule has 0 heterocycles. The Kier molecular flexibility index (Phi) is 5.29. The quantitative estimate of drug-likeness (QED) is 0.777. The summed E-state index contributed by atoms with van der Waals surface area (Å²) >= 11 is 0. The lowest BCUT2D eigenvalue weighted by atomic mass is 10.1. The number of amides is 1. The van der Waals surface area contributed by atoms with Gasteiger partial charge in [-0.2, -0.15) is 8.78 Å². The van der Waals surface area contributed by atoms with E-state index < -0.39 is 30.9 Å². The first kappa shape index (κ1) is 15.4. The Balaban J connectivity index is 2.65. The van der Waals surface area contributed by atoms with E-state index in [2.05, 4.69) is 0 Å². The Morgan fingerprint density at radius 2 is 1.84 bits per heavy atom. The molecule has 0 spiro atoms. The highest BCUT2D eigenvalue weighted by molar-refractivity contribution is 5.84. The van der Waals surface area contributed by atoms with Gasteiger partial charge in [-0.3, -0.25) is 4.79 Å². The number of hydrogen-bond donors (Lipinski definition) is 2. The molecule has 0 aliphatic rings. The van der Waals surface area contributed by atoms with E-state index in [-0.39, 0.29) is 6.42 Å². The van der Waals surface area contributed by atoms with Crippen LogP contribution >= 0.6 is 0 Å². The third-order valence-corrected chi connectivity index (χ3v) is 2.46. The van der Waals surface area contributed by atoms with Crippen LogP contribution in [0.15, 0.2) is 30.3 Å². The van der Waals surface area contributed by atoms with Gasteiger partial charge in [0.2, 0.25) is 0 Å². The topological polar surface area (TPSA) is 49.3 Å². The van der Waals surface area contributed by atoms with Crippen LogP contribution < -0.4 is 5.32 Å². The van der Waals surface area contributed by atoms with Crippen molar-refractivity contribution in [2.24, 2.45) is 0 Å². The summed E-state index contributed by atoms with van der Waals surface area (Å²) in [5.41, 5.74) is 0.683. The van der Waals surface area contributed by atoms with Crippen molar-refractivity contribution in [1.82, 2.24) is 5.32 Å². The van der Waals surface area contributed by atoms with Crippen molar-refractivity contribution < 1.29 is 27.5 Å². The summed E-state index contributed by atoms with van der Waals surface area (Å²) in [4.78, 5) is 11.0. The van der Waals surface area contributed by atoms with Gasteiger partial charge in [-0.25, -0.2) is 8.78 Å². The second kappa shape index (κ2) is 6.51. The average Bonchev–Trinajstić information content (AvgIpc) is 2.38. The van der Waals surface area contributed by atoms with E-state index >= 15 is 0 Å². The first-order chi connectivity index (χ1) is 8.87. The van der Waals surface area contributed by atoms with Gasteiger partial charge in [0.05, 0.1) is 12.6 Å². The number of carbonyl (C=O) groups is 1. The molecule has 0 saturated carbocycles. The maximum absolute atomic E-state index is 12.7. The Bertz CT molecular complexity index is 411. The van der Waals surface area contributed by atoms with Crippen LogP contribution in [0.3, 0.4) is 0 Å². The molecular formula is C12H13F4NO2. The van der Waals surface area contributed by atoms with E-state index in [4.69, 9.17) is 5.11 Å². The predicted octanol–water partition coefficient (Wildman–Crippen LogP) is 1.61. The Morgan fingerprint density at radius 3 is 2.32 bits per heavy atom. The van der Waals surface area contributed by atoms with Gasteiger partial charge in [-0.15, -0.1) is 0 Å². The minimum Gasteiger partial charge on any atom is -0.394 e. The molecule has 0 fully saturated rings. The van der Waals surface area contributed by atoms with E-state index in [1.54, 1.807) is 35.6 Å². The number of aliphatic hydroxyl groups excluding tert-OH is 1. The van der Waals surface area contributed by atoms with Gasteiger partial charge in [0.15, 0.2) is 0 Å². The molecule has 19 heavy (non-hydrogen) atoms.